The highest BCUT2D eigenvalue weighted by Gasteiger charge is 2.67. The number of aliphatic hydroxyl groups is 1. The van der Waals surface area contributed by atoms with Gasteiger partial charge >= 0.3 is 0 Å². The van der Waals surface area contributed by atoms with Gasteiger partial charge in [-0.1, -0.05) is 36.4 Å². The molecule has 214 valence electrons. The van der Waals surface area contributed by atoms with Gasteiger partial charge in [-0.15, -0.1) is 0 Å². The van der Waals surface area contributed by atoms with E-state index in [1.165, 1.54) is 0 Å². The molecule has 10 heteroatoms. The summed E-state index contributed by atoms with van der Waals surface area (Å²) in [6.07, 6.45) is 0.508. The van der Waals surface area contributed by atoms with E-state index in [4.69, 9.17) is 15.0 Å². The quantitative estimate of drug-likeness (QED) is 0.246. The summed E-state index contributed by atoms with van der Waals surface area (Å²) in [5.41, 5.74) is 5.36. The van der Waals surface area contributed by atoms with Crippen molar-refractivity contribution in [2.75, 3.05) is 19.8 Å². The third kappa shape index (κ3) is 3.58. The van der Waals surface area contributed by atoms with Crippen LogP contribution < -0.4 is 10.5 Å². The zero-order valence-electron chi connectivity index (χ0n) is 23.0. The summed E-state index contributed by atoms with van der Waals surface area (Å²) in [5.74, 6) is -5.15. The van der Waals surface area contributed by atoms with Crippen LogP contribution in [0.15, 0.2) is 59.1 Å². The Morgan fingerprint density at radius 2 is 1.86 bits per heavy atom. The van der Waals surface area contributed by atoms with Gasteiger partial charge in [-0.2, -0.15) is 0 Å². The normalized spacial score (nSPS) is 26.5. The molecule has 1 unspecified atom stereocenters. The number of hydrogen-bond acceptors (Lipinski definition) is 10. The van der Waals surface area contributed by atoms with Crippen LogP contribution in [0.5, 0.6) is 11.6 Å². The second-order valence-electron chi connectivity index (χ2n) is 11.8. The minimum Gasteiger partial charge on any atom is -0.507 e. The van der Waals surface area contributed by atoms with Gasteiger partial charge in [-0.25, -0.2) is 0 Å². The lowest BCUT2D eigenvalue weighted by Gasteiger charge is -2.50. The van der Waals surface area contributed by atoms with Gasteiger partial charge in [-0.3, -0.25) is 19.3 Å². The molecule has 7 rings (SSSR count). The predicted octanol–water partition coefficient (Wildman–Crippen LogP) is 3.49. The molecular weight excluding hydrogens is 538 g/mol. The Kier molecular flexibility index (Phi) is 5.80. The standard InChI is InChI=1S/C32H29N3O7/c1-35(2)25-21-13-18-11-17-10-16-12-19(33)8-9-20(16)26(36)22(17)27(37)23(18)29(38)32(21,40)30(39)24-28(25)42-34-31(24)41-14-15-6-4-3-5-7-15/h3-10,12,18,21,23,25,36,40H,11,13-14,33H2,1-2H3/t18-,21-,23?,25-,32-/m0/s1. The summed E-state index contributed by atoms with van der Waals surface area (Å²) in [6, 6.07) is 15.4. The average Bonchev–Trinajstić information content (AvgIpc) is 3.37. The first-order valence-electron chi connectivity index (χ1n) is 13.8. The number of phenolic OH excluding ortho intramolecular Hbond substituents is 1. The summed E-state index contributed by atoms with van der Waals surface area (Å²) in [6.45, 7) is 0.0916. The molecule has 1 saturated carbocycles. The number of phenols is 1. The zero-order chi connectivity index (χ0) is 29.5. The highest BCUT2D eigenvalue weighted by molar-refractivity contribution is 6.27. The minimum absolute atomic E-state index is 0.0499. The van der Waals surface area contributed by atoms with E-state index in [0.717, 1.165) is 5.56 Å². The highest BCUT2D eigenvalue weighted by atomic mass is 16.5. The van der Waals surface area contributed by atoms with Crippen molar-refractivity contribution in [1.29, 1.82) is 0 Å². The van der Waals surface area contributed by atoms with Crippen molar-refractivity contribution in [1.82, 2.24) is 10.1 Å². The van der Waals surface area contributed by atoms with Crippen molar-refractivity contribution < 1.29 is 33.9 Å². The molecule has 0 saturated heterocycles. The fourth-order valence-electron chi connectivity index (χ4n) is 7.27. The lowest BCUT2D eigenvalue weighted by atomic mass is 9.54. The Hall–Kier alpha value is -4.54. The second kappa shape index (κ2) is 9.23. The van der Waals surface area contributed by atoms with Crippen molar-refractivity contribution in [3.05, 3.63) is 82.6 Å². The number of Topliss-reactive ketones (excluding diaryl/α,β-unsaturated/α-hetero) is 3. The van der Waals surface area contributed by atoms with E-state index in [9.17, 15) is 24.6 Å². The Bertz CT molecular complexity index is 1800. The Morgan fingerprint density at radius 1 is 1.10 bits per heavy atom. The molecule has 42 heavy (non-hydrogen) atoms. The molecule has 1 heterocycles. The smallest absolute Gasteiger partial charge is 0.265 e. The van der Waals surface area contributed by atoms with Gasteiger partial charge < -0.3 is 25.2 Å². The number of aromatic hydroxyl groups is 1. The van der Waals surface area contributed by atoms with Crippen molar-refractivity contribution in [3.8, 4) is 11.6 Å². The van der Waals surface area contributed by atoms with Crippen molar-refractivity contribution in [2.24, 2.45) is 17.8 Å². The van der Waals surface area contributed by atoms with E-state index in [1.54, 1.807) is 37.2 Å². The first-order valence-corrected chi connectivity index (χ1v) is 13.8. The number of aromatic nitrogens is 1. The van der Waals surface area contributed by atoms with E-state index in [-0.39, 0.29) is 41.5 Å². The van der Waals surface area contributed by atoms with Crippen LogP contribution in [0.1, 0.15) is 50.1 Å². The molecule has 4 aromatic rings. The number of nitrogens with zero attached hydrogens (tertiary/aromatic N) is 2. The Morgan fingerprint density at radius 3 is 2.60 bits per heavy atom. The minimum atomic E-state index is -2.51. The predicted molar refractivity (Wildman–Crippen MR) is 151 cm³/mol. The van der Waals surface area contributed by atoms with Crippen LogP contribution >= 0.6 is 0 Å². The van der Waals surface area contributed by atoms with Gasteiger partial charge in [0.2, 0.25) is 5.78 Å². The van der Waals surface area contributed by atoms with Gasteiger partial charge in [-0.05, 0) is 72.7 Å². The molecule has 0 aliphatic heterocycles. The highest BCUT2D eigenvalue weighted by Crippen LogP contribution is 2.55. The van der Waals surface area contributed by atoms with Crippen molar-refractivity contribution >= 4 is 33.8 Å². The molecule has 0 radical (unpaired) electrons. The third-order valence-electron chi connectivity index (χ3n) is 9.14. The first-order chi connectivity index (χ1) is 20.1. The van der Waals surface area contributed by atoms with Crippen LogP contribution in [0.25, 0.3) is 10.8 Å². The molecule has 10 nitrogen and oxygen atoms in total. The molecule has 3 aromatic carbocycles. The summed E-state index contributed by atoms with van der Waals surface area (Å²) in [7, 11) is 3.54. The van der Waals surface area contributed by atoms with Gasteiger partial charge in [0.05, 0.1) is 17.5 Å². The molecule has 3 aliphatic rings. The molecule has 5 atom stereocenters. The molecule has 4 N–H and O–H groups in total. The molecule has 0 amide bonds. The number of nitrogens with two attached hydrogens (primary N) is 1. The lowest BCUT2D eigenvalue weighted by molar-refractivity contribution is -0.153. The maximum Gasteiger partial charge on any atom is 0.265 e. The van der Waals surface area contributed by atoms with Gasteiger partial charge in [0.15, 0.2) is 22.9 Å². The van der Waals surface area contributed by atoms with E-state index >= 15 is 0 Å². The number of rotatable bonds is 4. The number of anilines is 1. The number of carbonyl (C=O) groups is 3. The topological polar surface area (TPSA) is 156 Å². The Balaban J connectivity index is 1.31. The zero-order valence-corrected chi connectivity index (χ0v) is 23.0. The van der Waals surface area contributed by atoms with E-state index in [2.05, 4.69) is 5.16 Å². The summed E-state index contributed by atoms with van der Waals surface area (Å²) in [4.78, 5) is 44.1. The van der Waals surface area contributed by atoms with Crippen LogP contribution in [0.3, 0.4) is 0 Å². The molecule has 0 spiro atoms. The van der Waals surface area contributed by atoms with E-state index in [1.807, 2.05) is 36.4 Å². The number of benzene rings is 3. The average molecular weight is 568 g/mol. The number of hydrogen-bond donors (Lipinski definition) is 3. The van der Waals surface area contributed by atoms with Crippen molar-refractivity contribution in [2.45, 2.75) is 31.1 Å². The summed E-state index contributed by atoms with van der Waals surface area (Å²) in [5, 5.41) is 28.4. The second-order valence-corrected chi connectivity index (χ2v) is 11.8. The third-order valence-corrected chi connectivity index (χ3v) is 9.14. The first kappa shape index (κ1) is 26.4. The van der Waals surface area contributed by atoms with Gasteiger partial charge in [0, 0.05) is 17.0 Å². The van der Waals surface area contributed by atoms with Crippen LogP contribution in [-0.4, -0.2) is 57.3 Å². The van der Waals surface area contributed by atoms with E-state index in [0.29, 0.717) is 28.4 Å². The number of fused-ring (bicyclic) bond motifs is 5. The largest absolute Gasteiger partial charge is 0.507 e. The van der Waals surface area contributed by atoms with Crippen LogP contribution in [0.2, 0.25) is 0 Å². The van der Waals surface area contributed by atoms with Crippen LogP contribution in [0, 0.1) is 17.8 Å². The maximum atomic E-state index is 14.3. The molecule has 1 aromatic heterocycles. The number of nitrogen functional groups attached to an aromatic ring is 1. The lowest BCUT2D eigenvalue weighted by Crippen LogP contribution is -2.66. The monoisotopic (exact) mass is 567 g/mol. The summed E-state index contributed by atoms with van der Waals surface area (Å²) >= 11 is 0. The number of ether oxygens (including phenoxy) is 1. The number of ketones is 3. The van der Waals surface area contributed by atoms with Crippen LogP contribution in [0.4, 0.5) is 5.69 Å². The van der Waals surface area contributed by atoms with E-state index < -0.39 is 46.7 Å². The van der Waals surface area contributed by atoms with Gasteiger partial charge in [0.25, 0.3) is 5.88 Å². The molecule has 1 fully saturated rings. The van der Waals surface area contributed by atoms with Gasteiger partial charge in [0.1, 0.15) is 17.9 Å². The van der Waals surface area contributed by atoms with Crippen LogP contribution in [-0.2, 0) is 17.8 Å². The molecule has 0 bridgehead atoms. The molecule has 3 aliphatic carbocycles. The fraction of sp³-hybridized carbons (Fsp3) is 0.312. The molecular formula is C32H29N3O7. The fourth-order valence-corrected chi connectivity index (χ4v) is 7.27. The number of carbonyl (C=O) groups excluding carboxylic acids is 3. The summed E-state index contributed by atoms with van der Waals surface area (Å²) < 4.78 is 11.5. The Labute approximate surface area is 240 Å². The maximum absolute atomic E-state index is 14.3. The SMILES string of the molecule is CN(C)[C@@H]1c2onc(OCc3ccccc3)c2C(=O)[C@@]2(O)C(=O)C3C(=O)c4c(cc5cc(N)ccc5c4O)C[C@H]3C[C@@H]12. The van der Waals surface area contributed by atoms with Crippen molar-refractivity contribution in [3.63, 3.8) is 0 Å².